The van der Waals surface area contributed by atoms with Crippen LogP contribution in [0.25, 0.3) is 0 Å². The quantitative estimate of drug-likeness (QED) is 0.0813. The summed E-state index contributed by atoms with van der Waals surface area (Å²) in [5.74, 6) is 0.273. The van der Waals surface area contributed by atoms with Gasteiger partial charge in [0.15, 0.2) is 6.10 Å². The standard InChI is InChI=1S/C32H62O5/c1-4-6-7-8-9-10-11-12-17-20-23-26-32(35)37-30(27-33)28-36-31(34)25-22-19-16-14-13-15-18-21-24-29(3)5-2/h29-30,33H,4-28H2,1-3H3/t29?,30-/m0/s1. The van der Waals surface area contributed by atoms with Gasteiger partial charge in [0.1, 0.15) is 6.61 Å². The molecule has 0 aromatic carbocycles. The summed E-state index contributed by atoms with van der Waals surface area (Å²) in [7, 11) is 0. The summed E-state index contributed by atoms with van der Waals surface area (Å²) in [5, 5.41) is 9.47. The smallest absolute Gasteiger partial charge is 0.306 e. The molecule has 0 aromatic rings. The molecule has 1 unspecified atom stereocenters. The first-order valence-electron chi connectivity index (χ1n) is 16.0. The Kier molecular flexibility index (Phi) is 27.1. The van der Waals surface area contributed by atoms with Crippen LogP contribution >= 0.6 is 0 Å². The van der Waals surface area contributed by atoms with E-state index in [2.05, 4.69) is 20.8 Å². The van der Waals surface area contributed by atoms with E-state index >= 15 is 0 Å². The second-order valence-corrected chi connectivity index (χ2v) is 11.1. The lowest BCUT2D eigenvalue weighted by molar-refractivity contribution is -0.161. The van der Waals surface area contributed by atoms with Crippen LogP contribution in [0.3, 0.4) is 0 Å². The van der Waals surface area contributed by atoms with Crippen molar-refractivity contribution in [1.29, 1.82) is 0 Å². The number of hydrogen-bond acceptors (Lipinski definition) is 5. The van der Waals surface area contributed by atoms with Gasteiger partial charge in [0.05, 0.1) is 6.61 Å². The Balaban J connectivity index is 3.58. The van der Waals surface area contributed by atoms with Crippen LogP contribution in [-0.4, -0.2) is 36.4 Å². The molecule has 0 bridgehead atoms. The van der Waals surface area contributed by atoms with E-state index < -0.39 is 6.10 Å². The van der Waals surface area contributed by atoms with E-state index in [0.717, 1.165) is 44.4 Å². The van der Waals surface area contributed by atoms with Gasteiger partial charge in [-0.1, -0.05) is 143 Å². The number of esters is 2. The molecule has 0 saturated carbocycles. The van der Waals surface area contributed by atoms with Gasteiger partial charge in [0.2, 0.25) is 0 Å². The van der Waals surface area contributed by atoms with Gasteiger partial charge in [-0.15, -0.1) is 0 Å². The van der Waals surface area contributed by atoms with Crippen molar-refractivity contribution < 1.29 is 24.2 Å². The second-order valence-electron chi connectivity index (χ2n) is 11.1. The third-order valence-corrected chi connectivity index (χ3v) is 7.44. The van der Waals surface area contributed by atoms with Crippen molar-refractivity contribution in [1.82, 2.24) is 0 Å². The SMILES string of the molecule is CCCCCCCCCCCCCC(=O)O[C@@H](CO)COC(=O)CCCCCCCCCCC(C)CC. The molecule has 0 saturated heterocycles. The molecule has 1 N–H and O–H groups in total. The van der Waals surface area contributed by atoms with Gasteiger partial charge in [0.25, 0.3) is 0 Å². The number of aliphatic hydroxyl groups is 1. The molecule has 0 aliphatic carbocycles. The zero-order valence-corrected chi connectivity index (χ0v) is 24.9. The van der Waals surface area contributed by atoms with E-state index in [-0.39, 0.29) is 25.2 Å². The fourth-order valence-corrected chi connectivity index (χ4v) is 4.59. The molecule has 5 nitrogen and oxygen atoms in total. The number of carbonyl (C=O) groups excluding carboxylic acids is 2. The van der Waals surface area contributed by atoms with Crippen molar-refractivity contribution in [3.63, 3.8) is 0 Å². The Labute approximate surface area is 229 Å². The monoisotopic (exact) mass is 526 g/mol. The van der Waals surface area contributed by atoms with Crippen LogP contribution in [0.1, 0.15) is 168 Å². The average molecular weight is 527 g/mol. The van der Waals surface area contributed by atoms with E-state index in [0.29, 0.717) is 12.8 Å². The van der Waals surface area contributed by atoms with Crippen molar-refractivity contribution in [3.8, 4) is 0 Å². The van der Waals surface area contributed by atoms with Gasteiger partial charge in [-0.05, 0) is 18.8 Å². The number of carbonyl (C=O) groups is 2. The Bertz CT molecular complexity index is 507. The molecule has 37 heavy (non-hydrogen) atoms. The van der Waals surface area contributed by atoms with Crippen LogP contribution < -0.4 is 0 Å². The van der Waals surface area contributed by atoms with E-state index in [9.17, 15) is 14.7 Å². The number of aliphatic hydroxyl groups excluding tert-OH is 1. The zero-order chi connectivity index (χ0) is 27.4. The molecular formula is C32H62O5. The van der Waals surface area contributed by atoms with Gasteiger partial charge < -0.3 is 14.6 Å². The largest absolute Gasteiger partial charge is 0.462 e. The lowest BCUT2D eigenvalue weighted by Gasteiger charge is -2.15. The zero-order valence-electron chi connectivity index (χ0n) is 24.9. The molecule has 0 fully saturated rings. The van der Waals surface area contributed by atoms with E-state index in [1.807, 2.05) is 0 Å². The van der Waals surface area contributed by atoms with Crippen LogP contribution in [0.4, 0.5) is 0 Å². The molecule has 0 heterocycles. The van der Waals surface area contributed by atoms with Crippen molar-refractivity contribution in [2.45, 2.75) is 175 Å². The molecule has 5 heteroatoms. The van der Waals surface area contributed by atoms with Crippen molar-refractivity contribution in [2.75, 3.05) is 13.2 Å². The molecule has 0 rings (SSSR count). The van der Waals surface area contributed by atoms with Crippen LogP contribution in [0, 0.1) is 5.92 Å². The number of ether oxygens (including phenoxy) is 2. The molecule has 0 aromatic heterocycles. The third-order valence-electron chi connectivity index (χ3n) is 7.44. The number of unbranched alkanes of at least 4 members (excludes halogenated alkanes) is 17. The summed E-state index contributed by atoms with van der Waals surface area (Å²) in [4.78, 5) is 24.0. The Morgan fingerprint density at radius 3 is 1.51 bits per heavy atom. The summed E-state index contributed by atoms with van der Waals surface area (Å²) < 4.78 is 10.5. The van der Waals surface area contributed by atoms with Crippen LogP contribution in [-0.2, 0) is 19.1 Å². The Morgan fingerprint density at radius 2 is 1.05 bits per heavy atom. The van der Waals surface area contributed by atoms with Crippen LogP contribution in [0.5, 0.6) is 0 Å². The molecule has 0 amide bonds. The second kappa shape index (κ2) is 27.9. The first-order valence-corrected chi connectivity index (χ1v) is 16.0. The Hall–Kier alpha value is -1.10. The molecule has 2 atom stereocenters. The first-order chi connectivity index (χ1) is 18.0. The van der Waals surface area contributed by atoms with E-state index in [1.54, 1.807) is 0 Å². The predicted octanol–water partition coefficient (Wildman–Crippen LogP) is 9.08. The molecule has 0 radical (unpaired) electrons. The van der Waals surface area contributed by atoms with Crippen molar-refractivity contribution >= 4 is 11.9 Å². The molecule has 220 valence electrons. The van der Waals surface area contributed by atoms with E-state index in [4.69, 9.17) is 9.47 Å². The van der Waals surface area contributed by atoms with Gasteiger partial charge in [-0.3, -0.25) is 9.59 Å². The van der Waals surface area contributed by atoms with Crippen molar-refractivity contribution in [3.05, 3.63) is 0 Å². The summed E-state index contributed by atoms with van der Waals surface area (Å²) in [6, 6.07) is 0. The minimum atomic E-state index is -0.760. The molecular weight excluding hydrogens is 464 g/mol. The van der Waals surface area contributed by atoms with Gasteiger partial charge in [0, 0.05) is 12.8 Å². The number of rotatable bonds is 28. The fraction of sp³-hybridized carbons (Fsp3) is 0.938. The fourth-order valence-electron chi connectivity index (χ4n) is 4.59. The maximum absolute atomic E-state index is 12.0. The minimum Gasteiger partial charge on any atom is -0.462 e. The highest BCUT2D eigenvalue weighted by Crippen LogP contribution is 2.15. The van der Waals surface area contributed by atoms with Crippen LogP contribution in [0.2, 0.25) is 0 Å². The van der Waals surface area contributed by atoms with Crippen molar-refractivity contribution in [2.24, 2.45) is 5.92 Å². The van der Waals surface area contributed by atoms with Gasteiger partial charge in [-0.2, -0.15) is 0 Å². The lowest BCUT2D eigenvalue weighted by atomic mass is 9.99. The lowest BCUT2D eigenvalue weighted by Crippen LogP contribution is -2.28. The third kappa shape index (κ3) is 26.3. The first kappa shape index (κ1) is 35.9. The highest BCUT2D eigenvalue weighted by atomic mass is 16.6. The number of hydrogen-bond donors (Lipinski definition) is 1. The summed E-state index contributed by atoms with van der Waals surface area (Å²) in [5.41, 5.74) is 0. The van der Waals surface area contributed by atoms with Crippen LogP contribution in [0.15, 0.2) is 0 Å². The normalized spacial score (nSPS) is 12.9. The summed E-state index contributed by atoms with van der Waals surface area (Å²) >= 11 is 0. The highest BCUT2D eigenvalue weighted by Gasteiger charge is 2.16. The topological polar surface area (TPSA) is 72.8 Å². The average Bonchev–Trinajstić information content (AvgIpc) is 2.90. The maximum atomic E-state index is 12.0. The highest BCUT2D eigenvalue weighted by molar-refractivity contribution is 5.70. The van der Waals surface area contributed by atoms with E-state index in [1.165, 1.54) is 96.3 Å². The van der Waals surface area contributed by atoms with Gasteiger partial charge in [-0.25, -0.2) is 0 Å². The maximum Gasteiger partial charge on any atom is 0.306 e. The Morgan fingerprint density at radius 1 is 0.622 bits per heavy atom. The molecule has 0 spiro atoms. The molecule has 0 aliphatic heterocycles. The summed E-state index contributed by atoms with van der Waals surface area (Å²) in [6.07, 6.45) is 25.8. The predicted molar refractivity (Wildman–Crippen MR) is 155 cm³/mol. The molecule has 0 aliphatic rings. The minimum absolute atomic E-state index is 0.0595. The van der Waals surface area contributed by atoms with Gasteiger partial charge >= 0.3 is 11.9 Å². The summed E-state index contributed by atoms with van der Waals surface area (Å²) in [6.45, 7) is 6.46.